The Morgan fingerprint density at radius 3 is 2.61 bits per heavy atom. The second-order valence-electron chi connectivity index (χ2n) is 6.51. The van der Waals surface area contributed by atoms with E-state index in [9.17, 15) is 24.6 Å². The van der Waals surface area contributed by atoms with Crippen molar-refractivity contribution in [2.45, 2.75) is 12.8 Å². The lowest BCUT2D eigenvalue weighted by Gasteiger charge is -2.33. The maximum Gasteiger partial charge on any atom is 0.293 e. The molecule has 8 heteroatoms. The van der Waals surface area contributed by atoms with Gasteiger partial charge in [-0.1, -0.05) is 6.07 Å². The SMILES string of the molecule is COc1ccc(C(=O)C2CCN(c3c(C#N)cccc3[N+](=O)[O-])CC2)c(F)c1. The van der Waals surface area contributed by atoms with Crippen LogP contribution in [0.15, 0.2) is 36.4 Å². The summed E-state index contributed by atoms with van der Waals surface area (Å²) in [6.45, 7) is 0.738. The number of carbonyl (C=O) groups excluding carboxylic acids is 1. The lowest BCUT2D eigenvalue weighted by atomic mass is 9.88. The molecule has 0 amide bonds. The van der Waals surface area contributed by atoms with E-state index in [1.807, 2.05) is 6.07 Å². The number of piperidine rings is 1. The molecule has 1 heterocycles. The average Bonchev–Trinajstić information content (AvgIpc) is 2.72. The van der Waals surface area contributed by atoms with Crippen LogP contribution in [0.4, 0.5) is 15.8 Å². The highest BCUT2D eigenvalue weighted by Crippen LogP contribution is 2.35. The smallest absolute Gasteiger partial charge is 0.293 e. The summed E-state index contributed by atoms with van der Waals surface area (Å²) in [6.07, 6.45) is 0.836. The van der Waals surface area contributed by atoms with Gasteiger partial charge in [0.05, 0.1) is 23.2 Å². The van der Waals surface area contributed by atoms with E-state index >= 15 is 0 Å². The van der Waals surface area contributed by atoms with Crippen LogP contribution >= 0.6 is 0 Å². The average molecular weight is 383 g/mol. The number of benzene rings is 2. The van der Waals surface area contributed by atoms with Gasteiger partial charge in [0.2, 0.25) is 0 Å². The van der Waals surface area contributed by atoms with Gasteiger partial charge in [-0.25, -0.2) is 4.39 Å². The number of nitriles is 1. The molecule has 2 aromatic rings. The maximum absolute atomic E-state index is 14.2. The number of anilines is 1. The zero-order chi connectivity index (χ0) is 20.3. The number of ketones is 1. The van der Waals surface area contributed by atoms with Crippen LogP contribution in [0.25, 0.3) is 0 Å². The molecule has 0 N–H and O–H groups in total. The number of halogens is 1. The van der Waals surface area contributed by atoms with E-state index in [1.54, 1.807) is 4.90 Å². The van der Waals surface area contributed by atoms with Crippen molar-refractivity contribution in [3.8, 4) is 11.8 Å². The highest BCUT2D eigenvalue weighted by molar-refractivity contribution is 5.98. The summed E-state index contributed by atoms with van der Waals surface area (Å²) in [6, 6.07) is 10.5. The Balaban J connectivity index is 1.78. The number of ether oxygens (including phenoxy) is 1. The zero-order valence-corrected chi connectivity index (χ0v) is 15.2. The first kappa shape index (κ1) is 19.3. The fraction of sp³-hybridized carbons (Fsp3) is 0.300. The van der Waals surface area contributed by atoms with Crippen LogP contribution in [0.3, 0.4) is 0 Å². The Morgan fingerprint density at radius 2 is 2.04 bits per heavy atom. The first-order chi connectivity index (χ1) is 13.5. The van der Waals surface area contributed by atoms with Gasteiger partial charge in [0, 0.05) is 31.1 Å². The van der Waals surface area contributed by atoms with Crippen molar-refractivity contribution in [3.63, 3.8) is 0 Å². The molecule has 3 rings (SSSR count). The predicted molar refractivity (Wildman–Crippen MR) is 100 cm³/mol. The lowest BCUT2D eigenvalue weighted by Crippen LogP contribution is -2.37. The molecular formula is C20H18FN3O4. The summed E-state index contributed by atoms with van der Waals surface area (Å²) in [5.74, 6) is -0.961. The number of nitro groups is 1. The Bertz CT molecular complexity index is 962. The minimum atomic E-state index is -0.628. The van der Waals surface area contributed by atoms with Crippen LogP contribution in [0.1, 0.15) is 28.8 Å². The molecule has 0 atom stereocenters. The van der Waals surface area contributed by atoms with Gasteiger partial charge >= 0.3 is 0 Å². The minimum Gasteiger partial charge on any atom is -0.497 e. The van der Waals surface area contributed by atoms with Gasteiger partial charge < -0.3 is 9.64 Å². The molecule has 0 radical (unpaired) electrons. The number of hydrogen-bond donors (Lipinski definition) is 0. The van der Waals surface area contributed by atoms with Crippen molar-refractivity contribution >= 4 is 17.2 Å². The Kier molecular flexibility index (Phi) is 5.54. The minimum absolute atomic E-state index is 0.0163. The number of carbonyl (C=O) groups is 1. The molecule has 7 nitrogen and oxygen atoms in total. The third kappa shape index (κ3) is 3.64. The summed E-state index contributed by atoms with van der Waals surface area (Å²) in [5.41, 5.74) is 0.379. The van der Waals surface area contributed by atoms with Crippen LogP contribution in [0.2, 0.25) is 0 Å². The summed E-state index contributed by atoms with van der Waals surface area (Å²) in [5, 5.41) is 20.7. The van der Waals surface area contributed by atoms with Crippen molar-refractivity contribution < 1.29 is 18.8 Å². The van der Waals surface area contributed by atoms with Gasteiger partial charge in [-0.3, -0.25) is 14.9 Å². The van der Waals surface area contributed by atoms with Crippen molar-refractivity contribution in [1.29, 1.82) is 5.26 Å². The summed E-state index contributed by atoms with van der Waals surface area (Å²) in [4.78, 5) is 25.3. The number of Topliss-reactive ketones (excluding diaryl/α,β-unsaturated/α-hetero) is 1. The Morgan fingerprint density at radius 1 is 1.32 bits per heavy atom. The molecule has 0 saturated carbocycles. The van der Waals surface area contributed by atoms with Crippen LogP contribution < -0.4 is 9.64 Å². The highest BCUT2D eigenvalue weighted by Gasteiger charge is 2.31. The number of methoxy groups -OCH3 is 1. The Hall–Kier alpha value is -3.47. The predicted octanol–water partition coefficient (Wildman–Crippen LogP) is 3.71. The van der Waals surface area contributed by atoms with Gasteiger partial charge in [0.25, 0.3) is 5.69 Å². The van der Waals surface area contributed by atoms with Crippen molar-refractivity contribution in [2.75, 3.05) is 25.1 Å². The normalized spacial score (nSPS) is 14.4. The number of nitrogens with zero attached hydrogens (tertiary/aromatic N) is 3. The third-order valence-electron chi connectivity index (χ3n) is 4.96. The van der Waals surface area contributed by atoms with Crippen molar-refractivity contribution in [1.82, 2.24) is 0 Å². The number of hydrogen-bond acceptors (Lipinski definition) is 6. The lowest BCUT2D eigenvalue weighted by molar-refractivity contribution is -0.384. The Labute approximate surface area is 161 Å². The monoisotopic (exact) mass is 383 g/mol. The quantitative estimate of drug-likeness (QED) is 0.444. The van der Waals surface area contributed by atoms with E-state index in [0.717, 1.165) is 0 Å². The molecule has 1 fully saturated rings. The molecule has 144 valence electrons. The van der Waals surface area contributed by atoms with Gasteiger partial charge in [-0.2, -0.15) is 5.26 Å². The number of para-hydroxylation sites is 1. The second-order valence-corrected chi connectivity index (χ2v) is 6.51. The fourth-order valence-corrected chi connectivity index (χ4v) is 3.51. The summed E-state index contributed by atoms with van der Waals surface area (Å²) in [7, 11) is 1.42. The van der Waals surface area contributed by atoms with Gasteiger partial charge in [-0.15, -0.1) is 0 Å². The fourth-order valence-electron chi connectivity index (χ4n) is 3.51. The molecule has 0 aliphatic carbocycles. The zero-order valence-electron chi connectivity index (χ0n) is 15.2. The van der Waals surface area contributed by atoms with Crippen LogP contribution in [-0.4, -0.2) is 30.9 Å². The van der Waals surface area contributed by atoms with Crippen molar-refractivity contribution in [3.05, 3.63) is 63.5 Å². The van der Waals surface area contributed by atoms with Crippen LogP contribution in [0.5, 0.6) is 5.75 Å². The molecule has 1 aliphatic heterocycles. The topological polar surface area (TPSA) is 96.5 Å². The van der Waals surface area contributed by atoms with E-state index < -0.39 is 10.7 Å². The van der Waals surface area contributed by atoms with Crippen LogP contribution in [0, 0.1) is 33.2 Å². The number of nitro benzene ring substituents is 1. The first-order valence-electron chi connectivity index (χ1n) is 8.76. The molecule has 28 heavy (non-hydrogen) atoms. The molecule has 0 unspecified atom stereocenters. The largest absolute Gasteiger partial charge is 0.497 e. The molecule has 0 aromatic heterocycles. The van der Waals surface area contributed by atoms with Crippen LogP contribution in [-0.2, 0) is 0 Å². The van der Waals surface area contributed by atoms with Crippen molar-refractivity contribution in [2.24, 2.45) is 5.92 Å². The summed E-state index contributed by atoms with van der Waals surface area (Å²) < 4.78 is 19.2. The standard InChI is InChI=1S/C20H18FN3O4/c1-28-15-5-6-16(17(21)11-15)20(25)13-7-9-23(10-8-13)19-14(12-22)3-2-4-18(19)24(26)27/h2-6,11,13H,7-10H2,1H3. The second kappa shape index (κ2) is 8.05. The van der Waals surface area contributed by atoms with E-state index in [-0.39, 0.29) is 34.2 Å². The van der Waals surface area contributed by atoms with E-state index in [2.05, 4.69) is 0 Å². The molecule has 1 aliphatic rings. The van der Waals surface area contributed by atoms with Gasteiger partial charge in [0.15, 0.2) is 5.78 Å². The number of rotatable bonds is 5. The third-order valence-corrected chi connectivity index (χ3v) is 4.96. The highest BCUT2D eigenvalue weighted by atomic mass is 19.1. The molecular weight excluding hydrogens is 365 g/mol. The maximum atomic E-state index is 14.2. The van der Waals surface area contributed by atoms with E-state index in [0.29, 0.717) is 31.7 Å². The first-order valence-corrected chi connectivity index (χ1v) is 8.76. The van der Waals surface area contributed by atoms with Gasteiger partial charge in [-0.05, 0) is 31.0 Å². The summed E-state index contributed by atoms with van der Waals surface area (Å²) >= 11 is 0. The van der Waals surface area contributed by atoms with E-state index in [4.69, 9.17) is 4.74 Å². The molecule has 0 spiro atoms. The molecule has 1 saturated heterocycles. The molecule has 2 aromatic carbocycles. The molecule has 0 bridgehead atoms. The van der Waals surface area contributed by atoms with Gasteiger partial charge in [0.1, 0.15) is 23.3 Å². The van der Waals surface area contributed by atoms with E-state index in [1.165, 1.54) is 43.5 Å².